The summed E-state index contributed by atoms with van der Waals surface area (Å²) >= 11 is 0. The Morgan fingerprint density at radius 3 is 2.80 bits per heavy atom. The van der Waals surface area contributed by atoms with Crippen molar-refractivity contribution in [3.8, 4) is 22.7 Å². The third-order valence-electron chi connectivity index (χ3n) is 6.29. The molecule has 2 bridgehead atoms. The van der Waals surface area contributed by atoms with Crippen molar-refractivity contribution in [3.63, 3.8) is 0 Å². The van der Waals surface area contributed by atoms with E-state index < -0.39 is 6.17 Å². The summed E-state index contributed by atoms with van der Waals surface area (Å²) < 4.78 is 16.5. The minimum absolute atomic E-state index is 0.0351. The average Bonchev–Trinajstić information content (AvgIpc) is 3.39. The van der Waals surface area contributed by atoms with Gasteiger partial charge in [0.1, 0.15) is 17.6 Å². The van der Waals surface area contributed by atoms with Crippen molar-refractivity contribution in [1.29, 1.82) is 0 Å². The van der Waals surface area contributed by atoms with Crippen LogP contribution in [0.15, 0.2) is 36.8 Å². The first-order valence-electron chi connectivity index (χ1n) is 10.0. The number of aromatic hydroxyl groups is 1. The second kappa shape index (κ2) is 7.28. The molecule has 0 aliphatic carbocycles. The molecule has 2 aromatic heterocycles. The molecule has 2 saturated heterocycles. The van der Waals surface area contributed by atoms with E-state index in [4.69, 9.17) is 0 Å². The monoisotopic (exact) mass is 410 g/mol. The lowest BCUT2D eigenvalue weighted by molar-refractivity contribution is 0.174. The number of halogens is 1. The molecule has 5 atom stereocenters. The molecule has 5 rings (SSSR count). The van der Waals surface area contributed by atoms with Crippen LogP contribution in [0.3, 0.4) is 0 Å². The first-order chi connectivity index (χ1) is 14.5. The number of phenols is 1. The van der Waals surface area contributed by atoms with E-state index in [1.165, 1.54) is 0 Å². The van der Waals surface area contributed by atoms with Crippen LogP contribution in [0.4, 0.5) is 10.3 Å². The van der Waals surface area contributed by atoms with E-state index in [0.29, 0.717) is 41.3 Å². The number of hydrogen-bond acceptors (Lipinski definition) is 8. The number of hydrogen-bond donors (Lipinski definition) is 2. The average molecular weight is 410 g/mol. The number of anilines is 1. The molecule has 9 nitrogen and oxygen atoms in total. The Kier molecular flexibility index (Phi) is 4.58. The van der Waals surface area contributed by atoms with Crippen LogP contribution >= 0.6 is 0 Å². The number of nitrogens with zero attached hydrogens (tertiary/aromatic N) is 7. The van der Waals surface area contributed by atoms with Gasteiger partial charge in [-0.05, 0) is 30.9 Å². The molecule has 0 saturated carbocycles. The summed E-state index contributed by atoms with van der Waals surface area (Å²) in [5, 5.41) is 29.9. The molecule has 0 spiro atoms. The number of benzene rings is 1. The lowest BCUT2D eigenvalue weighted by Gasteiger charge is -2.38. The van der Waals surface area contributed by atoms with Crippen molar-refractivity contribution in [2.45, 2.75) is 44.1 Å². The molecule has 2 N–H and O–H groups in total. The number of phenolic OH excluding ortho intramolecular Hbond substituents is 1. The number of rotatable bonds is 4. The van der Waals surface area contributed by atoms with Gasteiger partial charge >= 0.3 is 0 Å². The van der Waals surface area contributed by atoms with Gasteiger partial charge in [0.05, 0.1) is 30.3 Å². The number of nitrogens with one attached hydrogen (secondary N) is 1. The molecule has 0 amide bonds. The van der Waals surface area contributed by atoms with Gasteiger partial charge < -0.3 is 15.3 Å². The number of fused-ring (bicyclic) bond motifs is 2. The van der Waals surface area contributed by atoms with E-state index in [1.807, 2.05) is 7.05 Å². The second-order valence-corrected chi connectivity index (χ2v) is 8.14. The van der Waals surface area contributed by atoms with Crippen molar-refractivity contribution in [1.82, 2.24) is 35.5 Å². The molecule has 2 fully saturated rings. The van der Waals surface area contributed by atoms with Gasteiger partial charge in [0.25, 0.3) is 0 Å². The van der Waals surface area contributed by atoms with Crippen LogP contribution in [-0.2, 0) is 0 Å². The lowest BCUT2D eigenvalue weighted by atomic mass is 9.95. The van der Waals surface area contributed by atoms with Crippen molar-refractivity contribution >= 4 is 5.95 Å². The summed E-state index contributed by atoms with van der Waals surface area (Å²) in [7, 11) is 1.81. The second-order valence-electron chi connectivity index (χ2n) is 8.14. The Morgan fingerprint density at radius 1 is 1.23 bits per heavy atom. The molecule has 30 heavy (non-hydrogen) atoms. The Balaban J connectivity index is 1.36. The highest BCUT2D eigenvalue weighted by atomic mass is 19.1. The standard InChI is InChI=1S/C20H23FN8O/c1-11-7-15-19(21)17(9-14(11)24-15)28(2)20-22-10-16(25-26-20)13-4-3-12(8-18(13)30)29-6-5-23-27-29/h3-6,8,10-11,14-15,17,19,24,30H,7,9H2,1-2H3/t11?,14?,15?,17-,19-/m0/s1. The van der Waals surface area contributed by atoms with E-state index in [0.717, 1.165) is 6.42 Å². The zero-order valence-corrected chi connectivity index (χ0v) is 16.7. The molecular formula is C20H23FN8O. The molecule has 2 aliphatic rings. The molecule has 2 aliphatic heterocycles. The van der Waals surface area contributed by atoms with Crippen LogP contribution in [0.2, 0.25) is 0 Å². The molecule has 156 valence electrons. The van der Waals surface area contributed by atoms with Crippen molar-refractivity contribution < 1.29 is 9.50 Å². The van der Waals surface area contributed by atoms with Crippen LogP contribution < -0.4 is 10.2 Å². The molecular weight excluding hydrogens is 387 g/mol. The van der Waals surface area contributed by atoms with Crippen molar-refractivity contribution in [2.75, 3.05) is 11.9 Å². The summed E-state index contributed by atoms with van der Waals surface area (Å²) in [5.41, 5.74) is 1.62. The van der Waals surface area contributed by atoms with Crippen LogP contribution in [0.1, 0.15) is 19.8 Å². The highest BCUT2D eigenvalue weighted by molar-refractivity contribution is 5.68. The Labute approximate surface area is 173 Å². The minimum Gasteiger partial charge on any atom is -0.507 e. The fraction of sp³-hybridized carbons (Fsp3) is 0.450. The maximum Gasteiger partial charge on any atom is 0.245 e. The number of alkyl halides is 1. The molecule has 1 aromatic carbocycles. The van der Waals surface area contributed by atoms with E-state index >= 15 is 0 Å². The third kappa shape index (κ3) is 3.17. The van der Waals surface area contributed by atoms with Crippen LogP contribution in [0.25, 0.3) is 16.9 Å². The van der Waals surface area contributed by atoms with E-state index in [9.17, 15) is 9.50 Å². The lowest BCUT2D eigenvalue weighted by Crippen LogP contribution is -2.56. The van der Waals surface area contributed by atoms with Gasteiger partial charge in [0, 0.05) is 30.8 Å². The quantitative estimate of drug-likeness (QED) is 0.670. The summed E-state index contributed by atoms with van der Waals surface area (Å²) in [4.78, 5) is 6.18. The van der Waals surface area contributed by atoms with Crippen LogP contribution in [-0.4, -0.2) is 66.6 Å². The predicted molar refractivity (Wildman–Crippen MR) is 108 cm³/mol. The topological polar surface area (TPSA) is 105 Å². The highest BCUT2D eigenvalue weighted by Gasteiger charge is 2.47. The summed E-state index contributed by atoms with van der Waals surface area (Å²) in [6.07, 6.45) is 5.39. The van der Waals surface area contributed by atoms with Gasteiger partial charge in [0.15, 0.2) is 0 Å². The summed E-state index contributed by atoms with van der Waals surface area (Å²) in [6, 6.07) is 5.02. The van der Waals surface area contributed by atoms with Gasteiger partial charge in [-0.3, -0.25) is 0 Å². The van der Waals surface area contributed by atoms with E-state index in [1.54, 1.807) is 46.4 Å². The molecule has 10 heteroatoms. The Hall–Kier alpha value is -3.14. The van der Waals surface area contributed by atoms with Gasteiger partial charge in [-0.15, -0.1) is 15.3 Å². The third-order valence-corrected chi connectivity index (χ3v) is 6.29. The molecule has 4 heterocycles. The fourth-order valence-corrected chi connectivity index (χ4v) is 4.55. The van der Waals surface area contributed by atoms with Gasteiger partial charge in [-0.25, -0.2) is 14.1 Å². The largest absolute Gasteiger partial charge is 0.507 e. The minimum atomic E-state index is -0.979. The van der Waals surface area contributed by atoms with Crippen molar-refractivity contribution in [2.24, 2.45) is 5.92 Å². The van der Waals surface area contributed by atoms with Crippen molar-refractivity contribution in [3.05, 3.63) is 36.8 Å². The van der Waals surface area contributed by atoms with Gasteiger partial charge in [-0.2, -0.15) is 0 Å². The summed E-state index contributed by atoms with van der Waals surface area (Å²) in [6.45, 7) is 2.17. The number of aromatic nitrogens is 6. The van der Waals surface area contributed by atoms with Gasteiger partial charge in [0.2, 0.25) is 5.95 Å². The van der Waals surface area contributed by atoms with E-state index in [2.05, 4.69) is 37.7 Å². The molecule has 3 aromatic rings. The Morgan fingerprint density at radius 2 is 2.10 bits per heavy atom. The smallest absolute Gasteiger partial charge is 0.245 e. The maximum absolute atomic E-state index is 15.0. The predicted octanol–water partition coefficient (Wildman–Crippen LogP) is 1.74. The summed E-state index contributed by atoms with van der Waals surface area (Å²) in [5.74, 6) is 0.878. The first-order valence-corrected chi connectivity index (χ1v) is 10.0. The van der Waals surface area contributed by atoms with Crippen LogP contribution in [0.5, 0.6) is 5.75 Å². The Bertz CT molecular complexity index is 1030. The normalized spacial score (nSPS) is 27.9. The van der Waals surface area contributed by atoms with E-state index in [-0.39, 0.29) is 17.8 Å². The maximum atomic E-state index is 15.0. The molecule has 0 radical (unpaired) electrons. The zero-order chi connectivity index (χ0) is 20.8. The fourth-order valence-electron chi connectivity index (χ4n) is 4.55. The zero-order valence-electron chi connectivity index (χ0n) is 16.7. The van der Waals surface area contributed by atoms with Crippen LogP contribution in [0, 0.1) is 5.92 Å². The molecule has 3 unspecified atom stereocenters. The van der Waals surface area contributed by atoms with Gasteiger partial charge in [-0.1, -0.05) is 12.1 Å². The first kappa shape index (κ1) is 18.9. The highest BCUT2D eigenvalue weighted by Crippen LogP contribution is 2.36. The SMILES string of the molecule is CC1CC2NC1C[C@H](N(C)c1ncc(-c3ccc(-n4ccnn4)cc3O)nn1)[C@H]2F. The number of piperidine rings is 1.